The summed E-state index contributed by atoms with van der Waals surface area (Å²) in [5.74, 6) is 279. The second-order valence-electron chi connectivity index (χ2n) is 18.8. The molecule has 0 atom stereocenters. The van der Waals surface area contributed by atoms with Gasteiger partial charge in [0.1, 0.15) is 11.5 Å². The predicted octanol–water partition coefficient (Wildman–Crippen LogP) is 3.30. The van der Waals surface area contributed by atoms with Gasteiger partial charge in [0, 0.05) is 598 Å². The van der Waals surface area contributed by atoms with Crippen LogP contribution in [0.1, 0.15) is 36.5 Å². The first-order valence-electron chi connectivity index (χ1n) is 35.5. The standard InChI is InChI=1S/C114H2.C15H20N4O3/c1-3-5-7-9-11-13-15-17-19-21-23-25-27-29-31-33-35-37-39-41-43-45-47-49-51-53-55-57-59-61-63-65-67-69-71-73-75-77-79-81-83-85-87-89-91-93-95-97-99-101-103-105-107-109-111-113-114-112-110-108-106-104-102-100-98-96-94-92-90-88-86-84-82-80-78-76-74-72-70-68-66-64-62-60-58-56-54-52-50-48-46-44-42-40-38-36-34-32-30-28-26-24-22-20-18-16-14-12-10-8-6-4-2;1-12(20)4-2-11-22-14-7-5-13(6-8-14)15(21)17-9-3-10-18-19-16/h1-2H;5-8H,2-4,9-11H2,1H3,(H,17,21). The summed E-state index contributed by atoms with van der Waals surface area (Å²) in [6, 6.07) is 6.82. The first-order chi connectivity index (χ1) is 67.5. The number of rotatable bonds is 10. The minimum absolute atomic E-state index is 0.149. The van der Waals surface area contributed by atoms with Crippen LogP contribution in [0.25, 0.3) is 10.4 Å². The smallest absolute Gasteiger partial charge is 0.251 e. The predicted molar refractivity (Wildman–Crippen MR) is 528 cm³/mol. The Bertz CT molecular complexity index is 8680. The van der Waals surface area contributed by atoms with Crippen molar-refractivity contribution >= 4 is 11.7 Å². The summed E-state index contributed by atoms with van der Waals surface area (Å²) in [6.45, 7) is 2.86. The number of amides is 1. The quantitative estimate of drug-likeness (QED) is 0.128. The molecule has 0 unspecified atom stereocenters. The summed E-state index contributed by atoms with van der Waals surface area (Å²) in [6.07, 6.45) is 11.7. The van der Waals surface area contributed by atoms with Crippen molar-refractivity contribution in [3.63, 3.8) is 0 Å². The summed E-state index contributed by atoms with van der Waals surface area (Å²) in [5, 5.41) is 6.13. The maximum absolute atomic E-state index is 11.8. The highest BCUT2D eigenvalue weighted by molar-refractivity contribution is 5.94. The molecular formula is C129H22N4O3. The van der Waals surface area contributed by atoms with Crippen LogP contribution < -0.4 is 10.1 Å². The molecule has 7 nitrogen and oxygen atoms in total. The zero-order valence-electron chi connectivity index (χ0n) is 69.8. The van der Waals surface area contributed by atoms with E-state index in [1.165, 1.54) is 0 Å². The number of nitrogens with zero attached hydrogens (tertiary/aromatic N) is 3. The Labute approximate surface area is 798 Å². The van der Waals surface area contributed by atoms with Gasteiger partial charge in [-0.3, -0.25) is 4.79 Å². The van der Waals surface area contributed by atoms with Crippen LogP contribution in [0.5, 0.6) is 5.75 Å². The molecule has 576 valence electrons. The van der Waals surface area contributed by atoms with Crippen molar-refractivity contribution in [3.05, 3.63) is 40.3 Å². The molecule has 0 spiro atoms. The van der Waals surface area contributed by atoms with Crippen LogP contribution >= 0.6 is 0 Å². The van der Waals surface area contributed by atoms with Crippen LogP contribution in [0.2, 0.25) is 0 Å². The minimum Gasteiger partial charge on any atom is -0.494 e. The Balaban J connectivity index is 0.00000719. The highest BCUT2D eigenvalue weighted by Crippen LogP contribution is 2.13. The number of azide groups is 1. The van der Waals surface area contributed by atoms with Gasteiger partial charge in [0.25, 0.3) is 5.91 Å². The molecule has 0 saturated heterocycles. The Morgan fingerprint density at radius 1 is 0.243 bits per heavy atom. The Kier molecular flexibility index (Phi) is 79.5. The number of carbonyl (C=O) groups excluding carboxylic acids is 2. The van der Waals surface area contributed by atoms with E-state index in [4.69, 9.17) is 23.1 Å². The highest BCUT2D eigenvalue weighted by atomic mass is 16.5. The molecule has 0 saturated carbocycles. The highest BCUT2D eigenvalue weighted by Gasteiger charge is 2.05. The summed E-state index contributed by atoms with van der Waals surface area (Å²) in [7, 11) is 0. The Hall–Kier alpha value is -27.6. The number of hydrogen-bond donors (Lipinski definition) is 1. The topological polar surface area (TPSA) is 104 Å². The van der Waals surface area contributed by atoms with Crippen LogP contribution in [0, 0.1) is 676 Å². The van der Waals surface area contributed by atoms with Gasteiger partial charge >= 0.3 is 0 Å². The third-order valence-electron chi connectivity index (χ3n) is 9.80. The summed E-state index contributed by atoms with van der Waals surface area (Å²) in [5.41, 5.74) is 8.67. The van der Waals surface area contributed by atoms with Crippen LogP contribution in [-0.2, 0) is 4.79 Å². The molecule has 0 aliphatic carbocycles. The van der Waals surface area contributed by atoms with Crippen molar-refractivity contribution in [3.8, 4) is 682 Å². The number of ketones is 1. The average molecular weight is 1680 g/mol. The summed E-state index contributed by atoms with van der Waals surface area (Å²) < 4.78 is 5.49. The van der Waals surface area contributed by atoms with Gasteiger partial charge in [-0.05, 0) is 144 Å². The number of hydrogen-bond acceptors (Lipinski definition) is 4. The van der Waals surface area contributed by atoms with E-state index in [-0.39, 0.29) is 11.7 Å². The van der Waals surface area contributed by atoms with Gasteiger partial charge in [-0.2, -0.15) is 0 Å². The Morgan fingerprint density at radius 3 is 0.507 bits per heavy atom. The molecule has 0 aliphatic heterocycles. The van der Waals surface area contributed by atoms with E-state index in [9.17, 15) is 9.59 Å². The fourth-order valence-corrected chi connectivity index (χ4v) is 5.16. The third kappa shape index (κ3) is 95.2. The number of carbonyl (C=O) groups is 2. The SMILES string of the molecule is C#CC#CC#CC#CC#CC#CC#CC#CC#CC#CC#CC#CC#CC#CC#CC#CC#CC#CC#CC#CC#CC#CC#CC#CC#CC#CC#CC#CC#CC#CC#CC#CC#CC#CC#CC#CC#CC#CC#CC#CC#CC#CC#CC#CC#CC#CC#CC#CC#CC#CC#CC#CC#CC#CC#CC#CC#C.CC(=O)CCCOc1ccc(C(=O)NCCCN=[N+]=[N-])cc1. The zero-order valence-corrected chi connectivity index (χ0v) is 69.8. The molecule has 1 aromatic carbocycles. The first-order valence-corrected chi connectivity index (χ1v) is 35.5. The van der Waals surface area contributed by atoms with E-state index in [1.54, 1.807) is 31.2 Å². The van der Waals surface area contributed by atoms with E-state index in [0.29, 0.717) is 50.3 Å². The van der Waals surface area contributed by atoms with Crippen LogP contribution in [-0.4, -0.2) is 31.4 Å². The van der Waals surface area contributed by atoms with Crippen LogP contribution in [0.3, 0.4) is 0 Å². The van der Waals surface area contributed by atoms with E-state index in [1.807, 2.05) is 0 Å². The fourth-order valence-electron chi connectivity index (χ4n) is 5.16. The normalized spacial score (nSPS) is 4.88. The number of Topliss-reactive ketones (excluding diaryl/α,β-unsaturated/α-hetero) is 1. The number of terminal acetylenes is 2. The van der Waals surface area contributed by atoms with Crippen LogP contribution in [0.4, 0.5) is 0 Å². The molecule has 0 aromatic heterocycles. The lowest BCUT2D eigenvalue weighted by molar-refractivity contribution is -0.117. The van der Waals surface area contributed by atoms with Crippen molar-refractivity contribution in [1.29, 1.82) is 0 Å². The number of ether oxygens (including phenoxy) is 1. The maximum atomic E-state index is 11.8. The van der Waals surface area contributed by atoms with E-state index < -0.39 is 0 Å². The van der Waals surface area contributed by atoms with Gasteiger partial charge in [0.05, 0.1) is 6.61 Å². The van der Waals surface area contributed by atoms with Gasteiger partial charge in [0.15, 0.2) is 0 Å². The molecule has 0 heterocycles. The second kappa shape index (κ2) is 99.7. The summed E-state index contributed by atoms with van der Waals surface area (Å²) >= 11 is 0. The third-order valence-corrected chi connectivity index (χ3v) is 9.80. The molecule has 1 N–H and O–H groups in total. The lowest BCUT2D eigenvalue weighted by Crippen LogP contribution is -2.24. The van der Waals surface area contributed by atoms with Crippen molar-refractivity contribution in [2.24, 2.45) is 5.11 Å². The second-order valence-corrected chi connectivity index (χ2v) is 18.8. The van der Waals surface area contributed by atoms with E-state index >= 15 is 0 Å². The lowest BCUT2D eigenvalue weighted by Gasteiger charge is -2.07. The molecule has 0 bridgehead atoms. The zero-order chi connectivity index (χ0) is 97.4. The largest absolute Gasteiger partial charge is 0.494 e. The molecule has 0 fully saturated rings. The molecule has 1 rings (SSSR count). The monoisotopic (exact) mass is 1670 g/mol. The first kappa shape index (κ1) is 108. The van der Waals surface area contributed by atoms with Gasteiger partial charge in [0.2, 0.25) is 0 Å². The molecule has 136 heavy (non-hydrogen) atoms. The van der Waals surface area contributed by atoms with Crippen molar-refractivity contribution < 1.29 is 14.3 Å². The molecule has 1 aromatic rings. The lowest BCUT2D eigenvalue weighted by atomic mass is 10.2. The van der Waals surface area contributed by atoms with Gasteiger partial charge in [-0.1, -0.05) is 5.11 Å². The minimum atomic E-state index is -0.177. The molecular weight excluding hydrogens is 1650 g/mol. The van der Waals surface area contributed by atoms with Crippen LogP contribution in [0.15, 0.2) is 29.4 Å². The number of nitrogens with one attached hydrogen (secondary N) is 1. The molecule has 1 amide bonds. The summed E-state index contributed by atoms with van der Waals surface area (Å²) in [4.78, 5) is 25.3. The van der Waals surface area contributed by atoms with Gasteiger partial charge < -0.3 is 14.8 Å². The van der Waals surface area contributed by atoms with Crippen molar-refractivity contribution in [2.75, 3.05) is 19.7 Å². The maximum Gasteiger partial charge on any atom is 0.251 e. The van der Waals surface area contributed by atoms with E-state index in [0.717, 1.165) is 0 Å². The van der Waals surface area contributed by atoms with E-state index in [2.05, 4.69) is 678 Å². The van der Waals surface area contributed by atoms with Crippen molar-refractivity contribution in [2.45, 2.75) is 26.2 Å². The Morgan fingerprint density at radius 2 is 0.382 bits per heavy atom. The van der Waals surface area contributed by atoms with Crippen molar-refractivity contribution in [1.82, 2.24) is 5.32 Å². The fraction of sp³-hybridized carbons (Fsp3) is 0.0543. The number of benzene rings is 1. The van der Waals surface area contributed by atoms with Gasteiger partial charge in [-0.25, -0.2) is 0 Å². The molecule has 7 heteroatoms. The molecule has 0 radical (unpaired) electrons. The van der Waals surface area contributed by atoms with Gasteiger partial charge in [-0.15, -0.1) is 12.8 Å². The molecule has 0 aliphatic rings. The average Bonchev–Trinajstić information content (AvgIpc) is 0.886.